The summed E-state index contributed by atoms with van der Waals surface area (Å²) in [5, 5.41) is 18.3. The molecule has 90 valence electrons. The quantitative estimate of drug-likeness (QED) is 0.532. The number of aryl methyl sites for hydroxylation is 1. The maximum Gasteiger partial charge on any atom is 1.00 e. The van der Waals surface area contributed by atoms with E-state index in [1.165, 1.54) is 0 Å². The number of carbonyl (C=O) groups is 1. The Morgan fingerprint density at radius 1 is 1.50 bits per heavy atom. The molecule has 18 heavy (non-hydrogen) atoms. The van der Waals surface area contributed by atoms with E-state index in [9.17, 15) is 9.90 Å². The Morgan fingerprint density at radius 2 is 2.28 bits per heavy atom. The number of carbonyl (C=O) groups excluding carboxylic acids is 1. The van der Waals surface area contributed by atoms with Gasteiger partial charge in [0, 0.05) is 18.6 Å². The van der Waals surface area contributed by atoms with Gasteiger partial charge in [0.05, 0.1) is 12.6 Å². The number of hydrogen-bond acceptors (Lipinski definition) is 5. The molecule has 2 aromatic rings. The monoisotopic (exact) mass is 257 g/mol. The molecule has 6 nitrogen and oxygen atoms in total. The summed E-state index contributed by atoms with van der Waals surface area (Å²) in [6.07, 6.45) is 0.504. The molecule has 1 aromatic carbocycles. The molecule has 0 amide bonds. The van der Waals surface area contributed by atoms with E-state index in [2.05, 4.69) is 10.3 Å². The fourth-order valence-electron chi connectivity index (χ4n) is 1.62. The average Bonchev–Trinajstić information content (AvgIpc) is 2.71. The van der Waals surface area contributed by atoms with E-state index in [-0.39, 0.29) is 36.0 Å². The number of rotatable bonds is 5. The molecular weight excluding hydrogens is 245 g/mol. The standard InChI is InChI=1S/C11H13N3O3.Na/c1-17-8-4-5-10-9(7-8)12-13-14(10)6-2-3-11(15)16;/h4-5,7H,2-3,6H2,1H3,(H,15,16);/q;+1/p-1. The molecule has 0 saturated heterocycles. The molecule has 0 atom stereocenters. The van der Waals surface area contributed by atoms with Crippen molar-refractivity contribution in [1.29, 1.82) is 0 Å². The first-order valence-corrected chi connectivity index (χ1v) is 5.28. The van der Waals surface area contributed by atoms with Crippen LogP contribution < -0.4 is 39.4 Å². The number of nitrogens with zero attached hydrogens (tertiary/aromatic N) is 3. The van der Waals surface area contributed by atoms with Crippen molar-refractivity contribution in [3.8, 4) is 5.75 Å². The fourth-order valence-corrected chi connectivity index (χ4v) is 1.62. The summed E-state index contributed by atoms with van der Waals surface area (Å²) in [5.74, 6) is -0.324. The molecule has 0 aliphatic carbocycles. The van der Waals surface area contributed by atoms with Crippen LogP contribution >= 0.6 is 0 Å². The third-order valence-electron chi connectivity index (χ3n) is 2.47. The molecule has 0 fully saturated rings. The fraction of sp³-hybridized carbons (Fsp3) is 0.364. The van der Waals surface area contributed by atoms with E-state index in [4.69, 9.17) is 4.74 Å². The van der Waals surface area contributed by atoms with Gasteiger partial charge in [0.25, 0.3) is 0 Å². The number of ether oxygens (including phenoxy) is 1. The van der Waals surface area contributed by atoms with Crippen LogP contribution in [0, 0.1) is 0 Å². The zero-order valence-electron chi connectivity index (χ0n) is 10.4. The predicted molar refractivity (Wildman–Crippen MR) is 58.3 cm³/mol. The molecule has 2 rings (SSSR count). The molecule has 0 saturated carbocycles. The van der Waals surface area contributed by atoms with Gasteiger partial charge in [0.15, 0.2) is 0 Å². The molecule has 0 spiro atoms. The van der Waals surface area contributed by atoms with Crippen LogP contribution in [0.2, 0.25) is 0 Å². The number of fused-ring (bicyclic) bond motifs is 1. The number of benzene rings is 1. The minimum absolute atomic E-state index is 0. The average molecular weight is 257 g/mol. The molecule has 0 aliphatic rings. The molecule has 0 aliphatic heterocycles. The number of carboxylic acids is 1. The summed E-state index contributed by atoms with van der Waals surface area (Å²) in [7, 11) is 1.59. The zero-order chi connectivity index (χ0) is 12.3. The van der Waals surface area contributed by atoms with Crippen molar-refractivity contribution in [1.82, 2.24) is 15.0 Å². The van der Waals surface area contributed by atoms with Gasteiger partial charge in [-0.1, -0.05) is 5.21 Å². The van der Waals surface area contributed by atoms with Crippen LogP contribution in [0.5, 0.6) is 5.75 Å². The number of aliphatic carboxylic acids is 1. The second-order valence-corrected chi connectivity index (χ2v) is 3.64. The summed E-state index contributed by atoms with van der Waals surface area (Å²) < 4.78 is 6.76. The minimum Gasteiger partial charge on any atom is -0.550 e. The van der Waals surface area contributed by atoms with E-state index in [1.807, 2.05) is 12.1 Å². The van der Waals surface area contributed by atoms with Gasteiger partial charge in [-0.15, -0.1) is 5.10 Å². The largest absolute Gasteiger partial charge is 1.00 e. The van der Waals surface area contributed by atoms with Gasteiger partial charge in [-0.2, -0.15) is 0 Å². The Labute approximate surface area is 126 Å². The minimum atomic E-state index is -1.05. The second-order valence-electron chi connectivity index (χ2n) is 3.64. The Kier molecular flexibility index (Phi) is 5.58. The van der Waals surface area contributed by atoms with Crippen molar-refractivity contribution in [2.24, 2.45) is 0 Å². The van der Waals surface area contributed by atoms with Crippen molar-refractivity contribution >= 4 is 17.0 Å². The summed E-state index contributed by atoms with van der Waals surface area (Å²) in [6, 6.07) is 5.46. The maximum atomic E-state index is 10.3. The van der Waals surface area contributed by atoms with Crippen LogP contribution in [-0.2, 0) is 11.3 Å². The Bertz CT molecular complexity index is 541. The Morgan fingerprint density at radius 3 is 2.94 bits per heavy atom. The van der Waals surface area contributed by atoms with Gasteiger partial charge in [-0.05, 0) is 25.0 Å². The van der Waals surface area contributed by atoms with Gasteiger partial charge in [-0.3, -0.25) is 0 Å². The van der Waals surface area contributed by atoms with Crippen molar-refractivity contribution in [3.63, 3.8) is 0 Å². The van der Waals surface area contributed by atoms with E-state index in [0.717, 1.165) is 16.8 Å². The van der Waals surface area contributed by atoms with Crippen LogP contribution in [-0.4, -0.2) is 28.1 Å². The van der Waals surface area contributed by atoms with Crippen LogP contribution in [0.4, 0.5) is 0 Å². The first-order chi connectivity index (χ1) is 8.20. The topological polar surface area (TPSA) is 80.1 Å². The predicted octanol–water partition coefficient (Wildman–Crippen LogP) is -3.03. The van der Waals surface area contributed by atoms with Crippen molar-refractivity contribution in [2.45, 2.75) is 19.4 Å². The number of methoxy groups -OCH3 is 1. The van der Waals surface area contributed by atoms with Crippen LogP contribution in [0.1, 0.15) is 12.8 Å². The molecule has 0 N–H and O–H groups in total. The molecule has 0 unspecified atom stereocenters. The van der Waals surface area contributed by atoms with Crippen LogP contribution in [0.3, 0.4) is 0 Å². The van der Waals surface area contributed by atoms with E-state index in [0.29, 0.717) is 13.0 Å². The molecule has 0 radical (unpaired) electrons. The van der Waals surface area contributed by atoms with Crippen molar-refractivity contribution in [2.75, 3.05) is 7.11 Å². The van der Waals surface area contributed by atoms with Crippen LogP contribution in [0.15, 0.2) is 18.2 Å². The number of aromatic nitrogens is 3. The smallest absolute Gasteiger partial charge is 0.550 e. The SMILES string of the molecule is COc1ccc2c(c1)nnn2CCCC(=O)[O-].[Na+]. The number of carboxylic acid groups (broad SMARTS) is 1. The summed E-state index contributed by atoms with van der Waals surface area (Å²) in [5.41, 5.74) is 1.60. The zero-order valence-corrected chi connectivity index (χ0v) is 12.4. The maximum absolute atomic E-state index is 10.3. The van der Waals surface area contributed by atoms with Gasteiger partial charge in [0.1, 0.15) is 11.3 Å². The second kappa shape index (κ2) is 6.72. The van der Waals surface area contributed by atoms with Crippen LogP contribution in [0.25, 0.3) is 11.0 Å². The first-order valence-electron chi connectivity index (χ1n) is 5.28. The molecule has 7 heteroatoms. The molecule has 0 bridgehead atoms. The Hall–Kier alpha value is -1.11. The molecule has 1 aromatic heterocycles. The number of hydrogen-bond donors (Lipinski definition) is 0. The summed E-state index contributed by atoms with van der Waals surface area (Å²) in [4.78, 5) is 10.3. The van der Waals surface area contributed by atoms with Gasteiger partial charge in [0.2, 0.25) is 0 Å². The summed E-state index contributed by atoms with van der Waals surface area (Å²) >= 11 is 0. The van der Waals surface area contributed by atoms with E-state index >= 15 is 0 Å². The summed E-state index contributed by atoms with van der Waals surface area (Å²) in [6.45, 7) is 0.511. The van der Waals surface area contributed by atoms with Crippen molar-refractivity contribution < 1.29 is 44.2 Å². The van der Waals surface area contributed by atoms with Gasteiger partial charge in [-0.25, -0.2) is 4.68 Å². The first kappa shape index (κ1) is 14.9. The molecule has 1 heterocycles. The van der Waals surface area contributed by atoms with Gasteiger partial charge >= 0.3 is 29.6 Å². The normalized spacial score (nSPS) is 10.1. The third kappa shape index (κ3) is 3.44. The van der Waals surface area contributed by atoms with Crippen molar-refractivity contribution in [3.05, 3.63) is 18.2 Å². The Balaban J connectivity index is 0.00000162. The van der Waals surface area contributed by atoms with E-state index in [1.54, 1.807) is 17.9 Å². The third-order valence-corrected chi connectivity index (χ3v) is 2.47. The van der Waals surface area contributed by atoms with E-state index < -0.39 is 5.97 Å². The van der Waals surface area contributed by atoms with Gasteiger partial charge < -0.3 is 14.6 Å². The molecular formula is C11H12N3NaO3.